The zero-order chi connectivity index (χ0) is 17.4. The highest BCUT2D eigenvalue weighted by Gasteiger charge is 2.38. The molecular formula is C20H18BrN3O. The maximum Gasteiger partial charge on any atom is 0.225 e. The molecule has 2 aliphatic heterocycles. The van der Waals surface area contributed by atoms with E-state index in [1.807, 2.05) is 36.5 Å². The molecule has 0 saturated carbocycles. The highest BCUT2D eigenvalue weighted by molar-refractivity contribution is 9.12. The summed E-state index contributed by atoms with van der Waals surface area (Å²) in [5.41, 5.74) is 2.32. The van der Waals surface area contributed by atoms with Gasteiger partial charge in [-0.05, 0) is 39.2 Å². The van der Waals surface area contributed by atoms with Gasteiger partial charge in [-0.3, -0.25) is 0 Å². The van der Waals surface area contributed by atoms with Crippen LogP contribution in [0.5, 0.6) is 5.75 Å². The Labute approximate surface area is 155 Å². The number of aromatic hydroxyl groups is 1. The van der Waals surface area contributed by atoms with E-state index in [4.69, 9.17) is 4.99 Å². The van der Waals surface area contributed by atoms with E-state index in [1.165, 1.54) is 5.56 Å². The van der Waals surface area contributed by atoms with Crippen LogP contribution in [0.3, 0.4) is 0 Å². The van der Waals surface area contributed by atoms with Gasteiger partial charge in [-0.1, -0.05) is 49.4 Å². The largest absolute Gasteiger partial charge is 0.508 e. The first-order chi connectivity index (χ1) is 12.1. The van der Waals surface area contributed by atoms with Gasteiger partial charge in [0.05, 0.1) is 16.6 Å². The van der Waals surface area contributed by atoms with Crippen molar-refractivity contribution in [3.05, 3.63) is 76.4 Å². The second-order valence-corrected chi connectivity index (χ2v) is 7.28. The third kappa shape index (κ3) is 3.00. The molecule has 2 aromatic rings. The summed E-state index contributed by atoms with van der Waals surface area (Å²) in [7, 11) is 0. The van der Waals surface area contributed by atoms with Crippen LogP contribution in [0.1, 0.15) is 30.1 Å². The zero-order valence-electron chi connectivity index (χ0n) is 13.7. The highest BCUT2D eigenvalue weighted by Crippen LogP contribution is 2.44. The molecule has 0 fully saturated rings. The summed E-state index contributed by atoms with van der Waals surface area (Å²) >= 11 is 3.52. The van der Waals surface area contributed by atoms with Crippen LogP contribution in [0.4, 0.5) is 0 Å². The van der Waals surface area contributed by atoms with Crippen molar-refractivity contribution in [3.63, 3.8) is 0 Å². The van der Waals surface area contributed by atoms with Gasteiger partial charge in [0.2, 0.25) is 5.96 Å². The van der Waals surface area contributed by atoms with E-state index >= 15 is 0 Å². The summed E-state index contributed by atoms with van der Waals surface area (Å²) in [6.07, 6.45) is 3.81. The fraction of sp³-hybridized carbons (Fsp3) is 0.200. The molecule has 3 atom stereocenters. The lowest BCUT2D eigenvalue weighted by Crippen LogP contribution is -2.41. The van der Waals surface area contributed by atoms with Crippen molar-refractivity contribution in [2.24, 2.45) is 15.9 Å². The summed E-state index contributed by atoms with van der Waals surface area (Å²) in [6, 6.07) is 17.9. The number of guanidine groups is 1. The maximum atomic E-state index is 9.65. The number of fused-ring (bicyclic) bond motifs is 1. The first-order valence-corrected chi connectivity index (χ1v) is 9.04. The van der Waals surface area contributed by atoms with Crippen LogP contribution in [-0.4, -0.2) is 22.2 Å². The Kier molecular flexibility index (Phi) is 4.17. The van der Waals surface area contributed by atoms with Crippen LogP contribution < -0.4 is 0 Å². The number of allylic oxidation sites excluding steroid dienone is 1. The van der Waals surface area contributed by atoms with E-state index in [1.54, 1.807) is 18.3 Å². The maximum absolute atomic E-state index is 9.65. The van der Waals surface area contributed by atoms with Gasteiger partial charge in [0.25, 0.3) is 0 Å². The van der Waals surface area contributed by atoms with Crippen molar-refractivity contribution in [1.29, 1.82) is 0 Å². The first kappa shape index (κ1) is 16.1. The Morgan fingerprint density at radius 2 is 1.72 bits per heavy atom. The fourth-order valence-electron chi connectivity index (χ4n) is 3.55. The number of halogens is 1. The van der Waals surface area contributed by atoms with Crippen LogP contribution in [0.2, 0.25) is 0 Å². The zero-order valence-corrected chi connectivity index (χ0v) is 15.3. The summed E-state index contributed by atoms with van der Waals surface area (Å²) in [4.78, 5) is 11.5. The minimum Gasteiger partial charge on any atom is -0.508 e. The minimum atomic E-state index is 0.0358. The molecule has 0 radical (unpaired) electrons. The average molecular weight is 396 g/mol. The van der Waals surface area contributed by atoms with Crippen LogP contribution >= 0.6 is 15.9 Å². The van der Waals surface area contributed by atoms with Crippen molar-refractivity contribution in [2.75, 3.05) is 0 Å². The number of nitrogens with zero attached hydrogens (tertiary/aromatic N) is 3. The number of hydrogen-bond donors (Lipinski definition) is 1. The van der Waals surface area contributed by atoms with Gasteiger partial charge >= 0.3 is 0 Å². The number of benzene rings is 2. The summed E-state index contributed by atoms with van der Waals surface area (Å²) < 4.78 is 0.917. The quantitative estimate of drug-likeness (QED) is 0.793. The molecule has 5 heteroatoms. The van der Waals surface area contributed by atoms with Crippen molar-refractivity contribution < 1.29 is 5.11 Å². The third-order valence-electron chi connectivity index (χ3n) is 4.72. The van der Waals surface area contributed by atoms with E-state index in [0.717, 1.165) is 10.0 Å². The van der Waals surface area contributed by atoms with Crippen LogP contribution in [0.25, 0.3) is 0 Å². The monoisotopic (exact) mass is 395 g/mol. The molecule has 0 aliphatic carbocycles. The van der Waals surface area contributed by atoms with E-state index in [2.05, 4.69) is 44.9 Å². The summed E-state index contributed by atoms with van der Waals surface area (Å²) in [6.45, 7) is 2.22. The minimum absolute atomic E-state index is 0.0358. The van der Waals surface area contributed by atoms with E-state index < -0.39 is 0 Å². The highest BCUT2D eigenvalue weighted by atomic mass is 79.9. The Balaban J connectivity index is 1.82. The molecule has 2 aliphatic rings. The molecule has 126 valence electrons. The SMILES string of the molecule is CC1C(c2ccccc2)N=C2N=CC(Br)=CN2C1c1ccc(O)cc1. The Morgan fingerprint density at radius 1 is 1.00 bits per heavy atom. The molecule has 3 unspecified atom stereocenters. The fourth-order valence-corrected chi connectivity index (χ4v) is 3.87. The molecule has 4 nitrogen and oxygen atoms in total. The van der Waals surface area contributed by atoms with Crippen LogP contribution in [0.15, 0.2) is 75.3 Å². The van der Waals surface area contributed by atoms with Crippen molar-refractivity contribution >= 4 is 28.1 Å². The smallest absolute Gasteiger partial charge is 0.225 e. The molecular weight excluding hydrogens is 378 g/mol. The standard InChI is InChI=1S/C20H18BrN3O/c1-13-18(14-5-3-2-4-6-14)23-20-22-11-16(21)12-24(20)19(13)15-7-9-17(25)10-8-15/h2-13,18-19,25H,1H3. The topological polar surface area (TPSA) is 48.2 Å². The van der Waals surface area contributed by atoms with E-state index in [9.17, 15) is 5.11 Å². The Bertz CT molecular complexity index is 858. The lowest BCUT2D eigenvalue weighted by Gasteiger charge is -2.42. The molecule has 0 saturated heterocycles. The molecule has 25 heavy (non-hydrogen) atoms. The number of hydrogen-bond acceptors (Lipinski definition) is 4. The molecule has 2 aromatic carbocycles. The lowest BCUT2D eigenvalue weighted by molar-refractivity contribution is 0.238. The predicted octanol–water partition coefficient (Wildman–Crippen LogP) is 4.80. The van der Waals surface area contributed by atoms with Crippen LogP contribution in [0, 0.1) is 5.92 Å². The first-order valence-electron chi connectivity index (χ1n) is 8.25. The summed E-state index contributed by atoms with van der Waals surface area (Å²) in [5.74, 6) is 1.22. The summed E-state index contributed by atoms with van der Waals surface area (Å²) in [5, 5.41) is 9.65. The van der Waals surface area contributed by atoms with Crippen molar-refractivity contribution in [3.8, 4) is 5.75 Å². The molecule has 0 spiro atoms. The molecule has 2 heterocycles. The Morgan fingerprint density at radius 3 is 2.44 bits per heavy atom. The van der Waals surface area contributed by atoms with Gasteiger partial charge in [-0.15, -0.1) is 0 Å². The third-order valence-corrected chi connectivity index (χ3v) is 5.13. The van der Waals surface area contributed by atoms with Gasteiger partial charge in [0, 0.05) is 18.3 Å². The second-order valence-electron chi connectivity index (χ2n) is 6.36. The Hall–Kier alpha value is -2.40. The van der Waals surface area contributed by atoms with Crippen molar-refractivity contribution in [1.82, 2.24) is 4.90 Å². The molecule has 0 aromatic heterocycles. The van der Waals surface area contributed by atoms with Crippen molar-refractivity contribution in [2.45, 2.75) is 19.0 Å². The average Bonchev–Trinajstić information content (AvgIpc) is 2.63. The van der Waals surface area contributed by atoms with E-state index in [0.29, 0.717) is 5.96 Å². The van der Waals surface area contributed by atoms with Gasteiger partial charge < -0.3 is 10.0 Å². The van der Waals surface area contributed by atoms with Gasteiger partial charge in [-0.25, -0.2) is 9.98 Å². The van der Waals surface area contributed by atoms with Gasteiger partial charge in [0.15, 0.2) is 0 Å². The van der Waals surface area contributed by atoms with Gasteiger partial charge in [-0.2, -0.15) is 0 Å². The molecule has 1 N–H and O–H groups in total. The molecule has 0 amide bonds. The predicted molar refractivity (Wildman–Crippen MR) is 104 cm³/mol. The lowest BCUT2D eigenvalue weighted by atomic mass is 9.83. The van der Waals surface area contributed by atoms with Crippen LogP contribution in [-0.2, 0) is 0 Å². The van der Waals surface area contributed by atoms with Gasteiger partial charge in [0.1, 0.15) is 5.75 Å². The normalized spacial score (nSPS) is 25.2. The van der Waals surface area contributed by atoms with E-state index in [-0.39, 0.29) is 23.8 Å². The second kappa shape index (κ2) is 6.48. The molecule has 4 rings (SSSR count). The number of phenolic OH excluding ortho intramolecular Hbond substituents is 1. The molecule has 0 bridgehead atoms. The number of phenols is 1. The number of aliphatic imine (C=N–C) groups is 2. The number of rotatable bonds is 2.